The van der Waals surface area contributed by atoms with E-state index in [1.165, 1.54) is 16.8 Å². The molecule has 1 aromatic heterocycles. The minimum absolute atomic E-state index is 0.182. The lowest BCUT2D eigenvalue weighted by Crippen LogP contribution is -2.07. The molecule has 1 heterocycles. The van der Waals surface area contributed by atoms with E-state index in [1.807, 2.05) is 0 Å². The molecule has 106 valence electrons. The molecule has 0 bridgehead atoms. The first-order chi connectivity index (χ1) is 9.29. The fraction of sp³-hybridized carbons (Fsp3) is 0.250. The summed E-state index contributed by atoms with van der Waals surface area (Å²) < 4.78 is 39.1. The average molecular weight is 285 g/mol. The normalized spacial score (nSPS) is 11.6. The van der Waals surface area contributed by atoms with Crippen LogP contribution in [-0.4, -0.2) is 26.1 Å². The van der Waals surface area contributed by atoms with Gasteiger partial charge in [-0.05, 0) is 25.1 Å². The maximum absolute atomic E-state index is 12.6. The van der Waals surface area contributed by atoms with Crippen LogP contribution in [0.4, 0.5) is 13.2 Å². The highest BCUT2D eigenvalue weighted by atomic mass is 19.4. The van der Waals surface area contributed by atoms with Crippen molar-refractivity contribution < 1.29 is 23.1 Å². The number of nitrogens with zero attached hydrogens (tertiary/aromatic N) is 3. The van der Waals surface area contributed by atoms with Crippen LogP contribution in [0.25, 0.3) is 5.69 Å². The summed E-state index contributed by atoms with van der Waals surface area (Å²) in [5.74, 6) is -1.08. The van der Waals surface area contributed by atoms with Crippen molar-refractivity contribution in [1.29, 1.82) is 0 Å². The molecular formula is C12H10F3N3O2. The largest absolute Gasteiger partial charge is 0.481 e. The monoisotopic (exact) mass is 285 g/mol. The fourth-order valence-electron chi connectivity index (χ4n) is 1.73. The van der Waals surface area contributed by atoms with E-state index in [4.69, 9.17) is 5.11 Å². The van der Waals surface area contributed by atoms with Crippen LogP contribution in [0.5, 0.6) is 0 Å². The van der Waals surface area contributed by atoms with E-state index in [9.17, 15) is 18.0 Å². The molecule has 0 saturated heterocycles. The van der Waals surface area contributed by atoms with Gasteiger partial charge in [0, 0.05) is 0 Å². The molecule has 0 saturated carbocycles. The van der Waals surface area contributed by atoms with Crippen LogP contribution in [-0.2, 0) is 17.4 Å². The molecular weight excluding hydrogens is 275 g/mol. The van der Waals surface area contributed by atoms with Gasteiger partial charge in [-0.3, -0.25) is 4.79 Å². The van der Waals surface area contributed by atoms with E-state index >= 15 is 0 Å². The van der Waals surface area contributed by atoms with E-state index < -0.39 is 17.7 Å². The van der Waals surface area contributed by atoms with E-state index in [2.05, 4.69) is 10.3 Å². The zero-order chi connectivity index (χ0) is 14.9. The predicted molar refractivity (Wildman–Crippen MR) is 62.4 cm³/mol. The van der Waals surface area contributed by atoms with Crippen LogP contribution in [0.2, 0.25) is 0 Å². The number of carbonyl (C=O) groups is 1. The first-order valence-electron chi connectivity index (χ1n) is 5.59. The Hall–Kier alpha value is -2.38. The molecule has 0 amide bonds. The lowest BCUT2D eigenvalue weighted by molar-refractivity contribution is -0.138. The van der Waals surface area contributed by atoms with Gasteiger partial charge in [-0.15, -0.1) is 5.10 Å². The Labute approximate surface area is 111 Å². The van der Waals surface area contributed by atoms with Gasteiger partial charge in [0.05, 0.1) is 29.1 Å². The number of carboxylic acids is 1. The first-order valence-corrected chi connectivity index (χ1v) is 5.59. The summed E-state index contributed by atoms with van der Waals surface area (Å²) in [5, 5.41) is 16.1. The molecule has 0 spiro atoms. The van der Waals surface area contributed by atoms with Crippen LogP contribution in [0.15, 0.2) is 24.3 Å². The minimum Gasteiger partial charge on any atom is -0.481 e. The van der Waals surface area contributed by atoms with Crippen LogP contribution >= 0.6 is 0 Å². The van der Waals surface area contributed by atoms with Crippen molar-refractivity contribution in [3.8, 4) is 5.69 Å². The molecule has 20 heavy (non-hydrogen) atoms. The van der Waals surface area contributed by atoms with Gasteiger partial charge in [0.25, 0.3) is 0 Å². The Morgan fingerprint density at radius 3 is 2.70 bits per heavy atom. The number of aliphatic carboxylic acids is 1. The molecule has 0 aliphatic heterocycles. The van der Waals surface area contributed by atoms with Crippen molar-refractivity contribution in [2.45, 2.75) is 19.5 Å². The van der Waals surface area contributed by atoms with Crippen molar-refractivity contribution in [3.63, 3.8) is 0 Å². The summed E-state index contributed by atoms with van der Waals surface area (Å²) in [5.41, 5.74) is -0.00668. The maximum Gasteiger partial charge on any atom is 0.416 e. The molecule has 0 aliphatic rings. The molecule has 2 aromatic rings. The van der Waals surface area contributed by atoms with Crippen LogP contribution < -0.4 is 0 Å². The molecule has 1 N–H and O–H groups in total. The minimum atomic E-state index is -4.45. The van der Waals surface area contributed by atoms with E-state index in [-0.39, 0.29) is 17.8 Å². The first kappa shape index (κ1) is 14.0. The highest BCUT2D eigenvalue weighted by Crippen LogP contribution is 2.30. The summed E-state index contributed by atoms with van der Waals surface area (Å²) in [7, 11) is 0. The van der Waals surface area contributed by atoms with Gasteiger partial charge >= 0.3 is 12.1 Å². The van der Waals surface area contributed by atoms with Crippen LogP contribution in [0.3, 0.4) is 0 Å². The smallest absolute Gasteiger partial charge is 0.416 e. The van der Waals surface area contributed by atoms with Crippen molar-refractivity contribution >= 4 is 5.97 Å². The van der Waals surface area contributed by atoms with Gasteiger partial charge in [-0.1, -0.05) is 11.3 Å². The zero-order valence-electron chi connectivity index (χ0n) is 10.3. The predicted octanol–water partition coefficient (Wildman–Crippen LogP) is 2.22. The number of carboxylic acid groups (broad SMARTS) is 1. The summed E-state index contributed by atoms with van der Waals surface area (Å²) in [6, 6.07) is 4.60. The SMILES string of the molecule is Cc1c(CC(=O)O)nnn1-c1cccc(C(F)(F)F)c1. The Balaban J connectivity index is 2.42. The van der Waals surface area contributed by atoms with Crippen LogP contribution in [0.1, 0.15) is 17.0 Å². The Morgan fingerprint density at radius 1 is 1.40 bits per heavy atom. The number of rotatable bonds is 3. The van der Waals surface area contributed by atoms with Gasteiger partial charge in [-0.2, -0.15) is 13.2 Å². The van der Waals surface area contributed by atoms with Crippen molar-refractivity contribution in [2.75, 3.05) is 0 Å². The second-order valence-electron chi connectivity index (χ2n) is 4.15. The molecule has 2 rings (SSSR count). The molecule has 5 nitrogen and oxygen atoms in total. The molecule has 0 atom stereocenters. The summed E-state index contributed by atoms with van der Waals surface area (Å²) in [6.45, 7) is 1.55. The van der Waals surface area contributed by atoms with Gasteiger partial charge in [0.15, 0.2) is 0 Å². The third kappa shape index (κ3) is 2.79. The Bertz CT molecular complexity index is 650. The van der Waals surface area contributed by atoms with Crippen molar-refractivity contribution in [2.24, 2.45) is 0 Å². The molecule has 0 fully saturated rings. The number of benzene rings is 1. The number of hydrogen-bond acceptors (Lipinski definition) is 3. The number of halogens is 3. The third-order valence-corrected chi connectivity index (χ3v) is 2.73. The zero-order valence-corrected chi connectivity index (χ0v) is 10.3. The highest BCUT2D eigenvalue weighted by Gasteiger charge is 2.30. The molecule has 0 aliphatic carbocycles. The summed E-state index contributed by atoms with van der Waals surface area (Å²) >= 11 is 0. The average Bonchev–Trinajstić information content (AvgIpc) is 2.69. The second-order valence-corrected chi connectivity index (χ2v) is 4.15. The standard InChI is InChI=1S/C12H10F3N3O2/c1-7-10(6-11(19)20)16-17-18(7)9-4-2-3-8(5-9)12(13,14)15/h2-5H,6H2,1H3,(H,19,20). The van der Waals surface area contributed by atoms with Gasteiger partial charge in [0.1, 0.15) is 0 Å². The third-order valence-electron chi connectivity index (χ3n) is 2.73. The summed E-state index contributed by atoms with van der Waals surface area (Å²) in [4.78, 5) is 10.6. The quantitative estimate of drug-likeness (QED) is 0.939. The van der Waals surface area contributed by atoms with Gasteiger partial charge in [0.2, 0.25) is 0 Å². The van der Waals surface area contributed by atoms with E-state index in [0.717, 1.165) is 12.1 Å². The fourth-order valence-corrected chi connectivity index (χ4v) is 1.73. The molecule has 0 unspecified atom stereocenters. The van der Waals surface area contributed by atoms with Crippen molar-refractivity contribution in [3.05, 3.63) is 41.2 Å². The van der Waals surface area contributed by atoms with Crippen molar-refractivity contribution in [1.82, 2.24) is 15.0 Å². The Morgan fingerprint density at radius 2 is 2.10 bits per heavy atom. The molecule has 8 heteroatoms. The second kappa shape index (κ2) is 4.95. The lowest BCUT2D eigenvalue weighted by atomic mass is 10.2. The Kier molecular flexibility index (Phi) is 3.47. The molecule has 1 aromatic carbocycles. The summed E-state index contributed by atoms with van der Waals surface area (Å²) in [6.07, 6.45) is -4.78. The number of hydrogen-bond donors (Lipinski definition) is 1. The number of alkyl halides is 3. The van der Waals surface area contributed by atoms with Crippen LogP contribution in [0, 0.1) is 6.92 Å². The number of aromatic nitrogens is 3. The van der Waals surface area contributed by atoms with Gasteiger partial charge in [-0.25, -0.2) is 4.68 Å². The lowest BCUT2D eigenvalue weighted by Gasteiger charge is -2.09. The molecule has 0 radical (unpaired) electrons. The highest BCUT2D eigenvalue weighted by molar-refractivity contribution is 5.69. The van der Waals surface area contributed by atoms with Gasteiger partial charge < -0.3 is 5.11 Å². The van der Waals surface area contributed by atoms with E-state index in [0.29, 0.717) is 5.69 Å². The maximum atomic E-state index is 12.6. The van der Waals surface area contributed by atoms with E-state index in [1.54, 1.807) is 6.92 Å². The topological polar surface area (TPSA) is 68.0 Å².